The van der Waals surface area contributed by atoms with Crippen molar-refractivity contribution in [3.63, 3.8) is 0 Å². The van der Waals surface area contributed by atoms with E-state index >= 15 is 0 Å². The van der Waals surface area contributed by atoms with Gasteiger partial charge in [0.2, 0.25) is 9.84 Å². The molecule has 1 atom stereocenters. The molecule has 18 heavy (non-hydrogen) atoms. The summed E-state index contributed by atoms with van der Waals surface area (Å²) in [5.41, 5.74) is 0. The third-order valence-corrected chi connectivity index (χ3v) is 4.85. The fourth-order valence-corrected chi connectivity index (χ4v) is 3.12. The molecule has 0 aliphatic rings. The van der Waals surface area contributed by atoms with Gasteiger partial charge in [0.05, 0.1) is 14.7 Å². The second-order valence-corrected chi connectivity index (χ2v) is 6.46. The second-order valence-electron chi connectivity index (χ2n) is 3.54. The van der Waals surface area contributed by atoms with Crippen LogP contribution in [0.15, 0.2) is 69.3 Å². The molecular formula is C12H10O4S2. The molecule has 2 rings (SSSR count). The van der Waals surface area contributed by atoms with E-state index in [1.807, 2.05) is 0 Å². The monoisotopic (exact) mass is 282 g/mol. The molecule has 0 bridgehead atoms. The van der Waals surface area contributed by atoms with Crippen LogP contribution in [0.3, 0.4) is 0 Å². The largest absolute Gasteiger partial charge is 0.302 e. The zero-order valence-corrected chi connectivity index (χ0v) is 10.8. The zero-order chi connectivity index (χ0) is 13.2. The van der Waals surface area contributed by atoms with Gasteiger partial charge in [0, 0.05) is 0 Å². The lowest BCUT2D eigenvalue weighted by atomic mass is 10.4. The molecule has 0 aliphatic carbocycles. The predicted molar refractivity (Wildman–Crippen MR) is 67.4 cm³/mol. The molecule has 0 fully saturated rings. The van der Waals surface area contributed by atoms with Crippen LogP contribution in [-0.4, -0.2) is 17.2 Å². The Labute approximate surface area is 107 Å². The Bertz CT molecular complexity index is 661. The second kappa shape index (κ2) is 5.01. The first-order valence-corrected chi connectivity index (χ1v) is 7.62. The van der Waals surface area contributed by atoms with Gasteiger partial charge in [0.25, 0.3) is 0 Å². The highest BCUT2D eigenvalue weighted by Crippen LogP contribution is 2.21. The van der Waals surface area contributed by atoms with E-state index in [2.05, 4.69) is 0 Å². The molecule has 0 saturated heterocycles. The summed E-state index contributed by atoms with van der Waals surface area (Å²) in [6.07, 6.45) is 0. The average molecular weight is 282 g/mol. The topological polar surface area (TPSA) is 71.4 Å². The van der Waals surface area contributed by atoms with Crippen LogP contribution in [0.1, 0.15) is 0 Å². The molecule has 0 aromatic heterocycles. The van der Waals surface area contributed by atoms with E-state index in [0.717, 1.165) is 0 Å². The van der Waals surface area contributed by atoms with Crippen molar-refractivity contribution >= 4 is 20.9 Å². The number of rotatable bonds is 3. The van der Waals surface area contributed by atoms with Gasteiger partial charge in [-0.2, -0.15) is 0 Å². The minimum absolute atomic E-state index is 0.0999. The minimum atomic E-state index is -3.56. The molecule has 1 N–H and O–H groups in total. The van der Waals surface area contributed by atoms with Gasteiger partial charge in [-0.3, -0.25) is 0 Å². The molecule has 0 amide bonds. The van der Waals surface area contributed by atoms with Gasteiger partial charge in [-0.1, -0.05) is 18.2 Å². The van der Waals surface area contributed by atoms with Crippen molar-refractivity contribution in [1.82, 2.24) is 0 Å². The zero-order valence-electron chi connectivity index (χ0n) is 9.18. The molecule has 1 unspecified atom stereocenters. The molecule has 6 heteroatoms. The third kappa shape index (κ3) is 2.50. The Morgan fingerprint density at radius 3 is 1.83 bits per heavy atom. The van der Waals surface area contributed by atoms with Crippen LogP contribution in [0, 0.1) is 0 Å². The maximum atomic E-state index is 12.2. The lowest BCUT2D eigenvalue weighted by molar-refractivity contribution is 0.564. The third-order valence-electron chi connectivity index (χ3n) is 2.39. The van der Waals surface area contributed by atoms with Gasteiger partial charge in [-0.25, -0.2) is 12.6 Å². The van der Waals surface area contributed by atoms with E-state index in [0.29, 0.717) is 0 Å². The first-order valence-electron chi connectivity index (χ1n) is 5.03. The van der Waals surface area contributed by atoms with Crippen molar-refractivity contribution in [2.75, 3.05) is 0 Å². The van der Waals surface area contributed by atoms with Crippen molar-refractivity contribution in [1.29, 1.82) is 0 Å². The summed E-state index contributed by atoms with van der Waals surface area (Å²) in [4.78, 5) is 0.466. The maximum absolute atomic E-state index is 12.2. The summed E-state index contributed by atoms with van der Waals surface area (Å²) in [6.45, 7) is 0. The molecule has 0 heterocycles. The van der Waals surface area contributed by atoms with Gasteiger partial charge in [0.15, 0.2) is 11.1 Å². The van der Waals surface area contributed by atoms with Crippen molar-refractivity contribution in [3.05, 3.63) is 54.6 Å². The van der Waals surface area contributed by atoms with E-state index in [-0.39, 0.29) is 14.7 Å². The quantitative estimate of drug-likeness (QED) is 0.875. The Kier molecular flexibility index (Phi) is 3.60. The van der Waals surface area contributed by atoms with Crippen molar-refractivity contribution in [3.8, 4) is 0 Å². The molecule has 2 aromatic rings. The van der Waals surface area contributed by atoms with E-state index in [1.54, 1.807) is 18.2 Å². The number of sulfone groups is 1. The summed E-state index contributed by atoms with van der Waals surface area (Å²) < 4.78 is 44.0. The van der Waals surface area contributed by atoms with Gasteiger partial charge in [-0.05, 0) is 36.4 Å². The molecule has 0 saturated carbocycles. The van der Waals surface area contributed by atoms with Crippen LogP contribution in [0.4, 0.5) is 0 Å². The first-order chi connectivity index (χ1) is 8.51. The maximum Gasteiger partial charge on any atom is 0.206 e. The summed E-state index contributed by atoms with van der Waals surface area (Å²) >= 11 is -2.10. The van der Waals surface area contributed by atoms with E-state index < -0.39 is 20.9 Å². The molecular weight excluding hydrogens is 272 g/mol. The molecule has 2 aromatic carbocycles. The normalized spacial score (nSPS) is 13.2. The van der Waals surface area contributed by atoms with Crippen molar-refractivity contribution < 1.29 is 17.2 Å². The summed E-state index contributed by atoms with van der Waals surface area (Å²) in [5, 5.41) is 0. The van der Waals surface area contributed by atoms with Crippen LogP contribution in [-0.2, 0) is 20.9 Å². The molecule has 0 spiro atoms. The first kappa shape index (κ1) is 12.9. The molecule has 4 nitrogen and oxygen atoms in total. The Hall–Kier alpha value is -1.50. The smallest absolute Gasteiger partial charge is 0.206 e. The number of hydrogen-bond acceptors (Lipinski definition) is 3. The Morgan fingerprint density at radius 2 is 1.33 bits per heavy atom. The highest BCUT2D eigenvalue weighted by molar-refractivity contribution is 7.91. The van der Waals surface area contributed by atoms with Gasteiger partial charge in [-0.15, -0.1) is 0 Å². The van der Waals surface area contributed by atoms with Crippen molar-refractivity contribution in [2.45, 2.75) is 14.7 Å². The van der Waals surface area contributed by atoms with E-state index in [9.17, 15) is 12.6 Å². The van der Waals surface area contributed by atoms with Gasteiger partial charge in [0.1, 0.15) is 0 Å². The fourth-order valence-electron chi connectivity index (χ4n) is 1.47. The highest BCUT2D eigenvalue weighted by Gasteiger charge is 2.17. The SMILES string of the molecule is O=S(O)c1ccc(S(=O)(=O)c2ccccc2)cc1. The number of hydrogen-bond donors (Lipinski definition) is 1. The van der Waals surface area contributed by atoms with Crippen LogP contribution >= 0.6 is 0 Å². The fraction of sp³-hybridized carbons (Fsp3) is 0. The van der Waals surface area contributed by atoms with E-state index in [4.69, 9.17) is 4.55 Å². The lowest BCUT2D eigenvalue weighted by Gasteiger charge is -2.04. The van der Waals surface area contributed by atoms with Crippen LogP contribution in [0.25, 0.3) is 0 Å². The van der Waals surface area contributed by atoms with Gasteiger partial charge < -0.3 is 4.55 Å². The molecule has 0 aliphatic heterocycles. The van der Waals surface area contributed by atoms with Crippen LogP contribution < -0.4 is 0 Å². The van der Waals surface area contributed by atoms with E-state index in [1.165, 1.54) is 36.4 Å². The Morgan fingerprint density at radius 1 is 0.833 bits per heavy atom. The molecule has 0 radical (unpaired) electrons. The molecule has 94 valence electrons. The number of benzene rings is 2. The summed E-state index contributed by atoms with van der Waals surface area (Å²) in [7, 11) is -3.56. The average Bonchev–Trinajstić information content (AvgIpc) is 2.40. The predicted octanol–water partition coefficient (Wildman–Crippen LogP) is 2.10. The van der Waals surface area contributed by atoms with Gasteiger partial charge >= 0.3 is 0 Å². The van der Waals surface area contributed by atoms with Crippen LogP contribution in [0.2, 0.25) is 0 Å². The summed E-state index contributed by atoms with van der Waals surface area (Å²) in [6, 6.07) is 13.3. The van der Waals surface area contributed by atoms with Crippen molar-refractivity contribution in [2.24, 2.45) is 0 Å². The summed E-state index contributed by atoms with van der Waals surface area (Å²) in [5.74, 6) is 0. The standard InChI is InChI=1S/C12H10O4S2/c13-17(14)10-6-8-12(9-7-10)18(15,16)11-4-2-1-3-5-11/h1-9H,(H,13,14). The highest BCUT2D eigenvalue weighted by atomic mass is 32.2. The van der Waals surface area contributed by atoms with Crippen LogP contribution in [0.5, 0.6) is 0 Å². The lowest BCUT2D eigenvalue weighted by Crippen LogP contribution is -2.02. The Balaban J connectivity index is 2.46. The minimum Gasteiger partial charge on any atom is -0.302 e.